The van der Waals surface area contributed by atoms with Gasteiger partial charge < -0.3 is 5.11 Å². The van der Waals surface area contributed by atoms with Crippen LogP contribution < -0.4 is 5.48 Å². The molecule has 0 aromatic heterocycles. The van der Waals surface area contributed by atoms with Crippen molar-refractivity contribution in [3.63, 3.8) is 0 Å². The minimum Gasteiger partial charge on any atom is -0.395 e. The molecule has 2 aromatic carbocycles. The Morgan fingerprint density at radius 3 is 2.86 bits per heavy atom. The van der Waals surface area contributed by atoms with Crippen molar-refractivity contribution in [1.82, 2.24) is 10.4 Å². The van der Waals surface area contributed by atoms with Crippen LogP contribution in [-0.2, 0) is 17.6 Å². The second-order valence-corrected chi connectivity index (χ2v) is 6.96. The standard InChI is InChI=1S/C22H25FN2O3/c23-19-3-1-2-16(15-19)10-11-25(12-13-26)21-8-6-18-14-17(4-7-20(18)21)5-9-22(27)24-28/h1-5,7,9,14-15,21,26,28H,6,8,10-13H2,(H,24,27). The average molecular weight is 384 g/mol. The summed E-state index contributed by atoms with van der Waals surface area (Å²) in [5.74, 6) is -0.794. The van der Waals surface area contributed by atoms with E-state index in [9.17, 15) is 14.3 Å². The number of amides is 1. The Balaban J connectivity index is 1.72. The van der Waals surface area contributed by atoms with Crippen LogP contribution in [0.5, 0.6) is 0 Å². The molecule has 0 aliphatic heterocycles. The van der Waals surface area contributed by atoms with Crippen molar-refractivity contribution in [2.24, 2.45) is 0 Å². The van der Waals surface area contributed by atoms with Gasteiger partial charge in [-0.3, -0.25) is 14.9 Å². The van der Waals surface area contributed by atoms with Crippen molar-refractivity contribution in [2.75, 3.05) is 19.7 Å². The molecule has 1 aliphatic rings. The highest BCUT2D eigenvalue weighted by molar-refractivity contribution is 5.90. The molecule has 0 saturated heterocycles. The predicted octanol–water partition coefficient (Wildman–Crippen LogP) is 2.87. The number of halogens is 1. The number of hydrogen-bond donors (Lipinski definition) is 3. The van der Waals surface area contributed by atoms with Crippen molar-refractivity contribution in [1.29, 1.82) is 0 Å². The lowest BCUT2D eigenvalue weighted by Crippen LogP contribution is -2.32. The van der Waals surface area contributed by atoms with Gasteiger partial charge in [-0.2, -0.15) is 0 Å². The van der Waals surface area contributed by atoms with Crippen molar-refractivity contribution in [3.05, 3.63) is 76.6 Å². The maximum atomic E-state index is 13.4. The van der Waals surface area contributed by atoms with E-state index in [1.807, 2.05) is 12.1 Å². The number of carbonyl (C=O) groups is 1. The SMILES string of the molecule is O=C(C=Cc1ccc2c(c1)CCC2N(CCO)CCc1cccc(F)c1)NO. The topological polar surface area (TPSA) is 72.8 Å². The summed E-state index contributed by atoms with van der Waals surface area (Å²) in [6.45, 7) is 1.39. The fourth-order valence-electron chi connectivity index (χ4n) is 3.82. The maximum Gasteiger partial charge on any atom is 0.267 e. The fourth-order valence-corrected chi connectivity index (χ4v) is 3.82. The number of fused-ring (bicyclic) bond motifs is 1. The van der Waals surface area contributed by atoms with Gasteiger partial charge >= 0.3 is 0 Å². The van der Waals surface area contributed by atoms with Crippen LogP contribution in [0.1, 0.15) is 34.7 Å². The van der Waals surface area contributed by atoms with Crippen molar-refractivity contribution < 1.29 is 19.5 Å². The highest BCUT2D eigenvalue weighted by Crippen LogP contribution is 2.36. The normalized spacial score (nSPS) is 15.9. The molecule has 0 bridgehead atoms. The predicted molar refractivity (Wildman–Crippen MR) is 105 cm³/mol. The van der Waals surface area contributed by atoms with Crippen molar-refractivity contribution >= 4 is 12.0 Å². The van der Waals surface area contributed by atoms with Crippen molar-refractivity contribution in [3.8, 4) is 0 Å². The number of hydroxylamine groups is 1. The van der Waals surface area contributed by atoms with Gasteiger partial charge in [0.1, 0.15) is 5.82 Å². The number of nitrogens with zero attached hydrogens (tertiary/aromatic N) is 1. The Labute approximate surface area is 164 Å². The third-order valence-electron chi connectivity index (χ3n) is 5.16. The molecule has 0 fully saturated rings. The Morgan fingerprint density at radius 2 is 2.11 bits per heavy atom. The van der Waals surface area contributed by atoms with E-state index in [4.69, 9.17) is 5.21 Å². The zero-order chi connectivity index (χ0) is 19.9. The highest BCUT2D eigenvalue weighted by Gasteiger charge is 2.27. The Kier molecular flexibility index (Phi) is 6.92. The molecule has 0 heterocycles. The van der Waals surface area contributed by atoms with Crippen LogP contribution in [0.3, 0.4) is 0 Å². The fraction of sp³-hybridized carbons (Fsp3) is 0.318. The summed E-state index contributed by atoms with van der Waals surface area (Å²) in [5.41, 5.74) is 5.88. The first-order valence-corrected chi connectivity index (χ1v) is 9.45. The van der Waals surface area contributed by atoms with E-state index in [2.05, 4.69) is 17.0 Å². The zero-order valence-electron chi connectivity index (χ0n) is 15.6. The third-order valence-corrected chi connectivity index (χ3v) is 5.16. The molecule has 1 amide bonds. The average Bonchev–Trinajstić information content (AvgIpc) is 3.12. The molecule has 28 heavy (non-hydrogen) atoms. The summed E-state index contributed by atoms with van der Waals surface area (Å²) in [6, 6.07) is 12.9. The quantitative estimate of drug-likeness (QED) is 0.372. The van der Waals surface area contributed by atoms with E-state index in [-0.39, 0.29) is 18.5 Å². The summed E-state index contributed by atoms with van der Waals surface area (Å²) in [6.07, 6.45) is 5.55. The number of hydrogen-bond acceptors (Lipinski definition) is 4. The maximum absolute atomic E-state index is 13.4. The van der Waals surface area contributed by atoms with Gasteiger partial charge in [0, 0.05) is 25.2 Å². The lowest BCUT2D eigenvalue weighted by atomic mass is 10.0. The van der Waals surface area contributed by atoms with Gasteiger partial charge in [-0.15, -0.1) is 0 Å². The second-order valence-electron chi connectivity index (χ2n) is 6.96. The first-order valence-electron chi connectivity index (χ1n) is 9.45. The summed E-state index contributed by atoms with van der Waals surface area (Å²) >= 11 is 0. The van der Waals surface area contributed by atoms with Crippen molar-refractivity contribution in [2.45, 2.75) is 25.3 Å². The Morgan fingerprint density at radius 1 is 1.25 bits per heavy atom. The van der Waals surface area contributed by atoms with Crippen LogP contribution in [0.4, 0.5) is 4.39 Å². The number of carbonyl (C=O) groups excluding carboxylic acids is 1. The molecule has 5 nitrogen and oxygen atoms in total. The Hall–Kier alpha value is -2.54. The highest BCUT2D eigenvalue weighted by atomic mass is 19.1. The molecule has 3 N–H and O–H groups in total. The number of aryl methyl sites for hydroxylation is 1. The van der Waals surface area contributed by atoms with Crippen LogP contribution in [0.2, 0.25) is 0 Å². The molecular weight excluding hydrogens is 359 g/mol. The van der Waals surface area contributed by atoms with E-state index in [1.54, 1.807) is 23.7 Å². The smallest absolute Gasteiger partial charge is 0.267 e. The minimum absolute atomic E-state index is 0.0755. The van der Waals surface area contributed by atoms with Gasteiger partial charge in [-0.1, -0.05) is 30.3 Å². The summed E-state index contributed by atoms with van der Waals surface area (Å²) in [7, 11) is 0. The molecule has 0 spiro atoms. The lowest BCUT2D eigenvalue weighted by molar-refractivity contribution is -0.124. The molecule has 1 unspecified atom stereocenters. The molecule has 6 heteroatoms. The minimum atomic E-state index is -0.565. The van der Waals surface area contributed by atoms with E-state index >= 15 is 0 Å². The number of benzene rings is 2. The monoisotopic (exact) mass is 384 g/mol. The molecule has 148 valence electrons. The molecule has 1 aliphatic carbocycles. The molecule has 0 radical (unpaired) electrons. The molecule has 2 aromatic rings. The lowest BCUT2D eigenvalue weighted by Gasteiger charge is -2.29. The van der Waals surface area contributed by atoms with Gasteiger partial charge in [0.15, 0.2) is 0 Å². The van der Waals surface area contributed by atoms with Crippen LogP contribution in [-0.4, -0.2) is 40.8 Å². The van der Waals surface area contributed by atoms with Gasteiger partial charge in [0.25, 0.3) is 5.91 Å². The molecule has 3 rings (SSSR count). The first-order chi connectivity index (χ1) is 13.6. The van der Waals surface area contributed by atoms with Gasteiger partial charge in [-0.25, -0.2) is 9.87 Å². The van der Waals surface area contributed by atoms with Crippen LogP contribution in [0.25, 0.3) is 6.08 Å². The zero-order valence-corrected chi connectivity index (χ0v) is 15.6. The number of rotatable bonds is 8. The van der Waals surface area contributed by atoms with Crippen LogP contribution in [0, 0.1) is 5.82 Å². The molecule has 0 saturated carbocycles. The van der Waals surface area contributed by atoms with E-state index in [0.717, 1.165) is 36.9 Å². The van der Waals surface area contributed by atoms with Gasteiger partial charge in [-0.05, 0) is 59.7 Å². The summed E-state index contributed by atoms with van der Waals surface area (Å²) in [4.78, 5) is 13.4. The first kappa shape index (κ1) is 20.2. The van der Waals surface area contributed by atoms with Gasteiger partial charge in [0.2, 0.25) is 0 Å². The van der Waals surface area contributed by atoms with Crippen LogP contribution in [0.15, 0.2) is 48.5 Å². The van der Waals surface area contributed by atoms with Crippen LogP contribution >= 0.6 is 0 Å². The largest absolute Gasteiger partial charge is 0.395 e. The number of aliphatic hydroxyl groups excluding tert-OH is 1. The van der Waals surface area contributed by atoms with E-state index in [1.165, 1.54) is 23.3 Å². The second kappa shape index (κ2) is 9.59. The van der Waals surface area contributed by atoms with E-state index in [0.29, 0.717) is 6.54 Å². The number of aliphatic hydroxyl groups is 1. The molecular formula is C22H25FN2O3. The number of nitrogens with one attached hydrogen (secondary N) is 1. The van der Waals surface area contributed by atoms with Gasteiger partial charge in [0.05, 0.1) is 6.61 Å². The third kappa shape index (κ3) is 5.04. The van der Waals surface area contributed by atoms with E-state index < -0.39 is 5.91 Å². The summed E-state index contributed by atoms with van der Waals surface area (Å²) in [5, 5.41) is 18.1. The Bertz CT molecular complexity index is 853. The molecule has 1 atom stereocenters. The summed E-state index contributed by atoms with van der Waals surface area (Å²) < 4.78 is 13.4.